The van der Waals surface area contributed by atoms with Crippen LogP contribution < -0.4 is 9.47 Å². The number of ether oxygens (including phenoxy) is 3. The van der Waals surface area contributed by atoms with Gasteiger partial charge in [0.15, 0.2) is 22.4 Å². The largest absolute Gasteiger partial charge is 0.493 e. The highest BCUT2D eigenvalue weighted by Crippen LogP contribution is 2.33. The van der Waals surface area contributed by atoms with Crippen molar-refractivity contribution in [2.75, 3.05) is 33.1 Å². The molecule has 2 aromatic carbocycles. The molecule has 1 aliphatic heterocycles. The summed E-state index contributed by atoms with van der Waals surface area (Å²) in [5, 5.41) is 0. The molecule has 0 radical (unpaired) electrons. The number of hydrogen-bond acceptors (Lipinski definition) is 8. The van der Waals surface area contributed by atoms with Crippen molar-refractivity contribution in [2.45, 2.75) is 17.3 Å². The van der Waals surface area contributed by atoms with E-state index in [0.29, 0.717) is 31.0 Å². The molecule has 162 valence electrons. The van der Waals surface area contributed by atoms with Gasteiger partial charge in [-0.2, -0.15) is 0 Å². The quantitative estimate of drug-likeness (QED) is 0.396. The predicted octanol–water partition coefficient (Wildman–Crippen LogP) is 3.53. The molecule has 0 unspecified atom stereocenters. The summed E-state index contributed by atoms with van der Waals surface area (Å²) >= 11 is 2.86. The summed E-state index contributed by atoms with van der Waals surface area (Å²) < 4.78 is 17.8. The predicted molar refractivity (Wildman–Crippen MR) is 120 cm³/mol. The van der Waals surface area contributed by atoms with Gasteiger partial charge in [-0.3, -0.25) is 9.59 Å². The van der Waals surface area contributed by atoms with Gasteiger partial charge in [0.2, 0.25) is 0 Å². The SMILES string of the molecule is COc1cc2c(cc1OC)CN(C(=O)COC(=O)CSc1nc3ccccc3s1)CC2. The molecule has 4 rings (SSSR count). The van der Waals surface area contributed by atoms with Crippen molar-refractivity contribution in [3.8, 4) is 11.5 Å². The lowest BCUT2D eigenvalue weighted by Crippen LogP contribution is -2.38. The van der Waals surface area contributed by atoms with E-state index in [1.807, 2.05) is 36.4 Å². The van der Waals surface area contributed by atoms with E-state index in [9.17, 15) is 9.59 Å². The Bertz CT molecular complexity index is 1080. The number of fused-ring (bicyclic) bond motifs is 2. The summed E-state index contributed by atoms with van der Waals surface area (Å²) in [4.78, 5) is 30.8. The van der Waals surface area contributed by atoms with Crippen LogP contribution in [0.25, 0.3) is 10.2 Å². The normalized spacial score (nSPS) is 13.0. The van der Waals surface area contributed by atoms with Gasteiger partial charge >= 0.3 is 5.97 Å². The Morgan fingerprint density at radius 2 is 1.87 bits per heavy atom. The molecule has 31 heavy (non-hydrogen) atoms. The Kier molecular flexibility index (Phi) is 6.62. The molecule has 3 aromatic rings. The van der Waals surface area contributed by atoms with Crippen LogP contribution in [0.1, 0.15) is 11.1 Å². The molecule has 0 aliphatic carbocycles. The first kappa shape index (κ1) is 21.5. The highest BCUT2D eigenvalue weighted by atomic mass is 32.2. The molecule has 2 heterocycles. The fourth-order valence-corrected chi connectivity index (χ4v) is 5.27. The monoisotopic (exact) mass is 458 g/mol. The van der Waals surface area contributed by atoms with Crippen molar-refractivity contribution in [2.24, 2.45) is 0 Å². The zero-order valence-electron chi connectivity index (χ0n) is 17.3. The Balaban J connectivity index is 1.28. The fourth-order valence-electron chi connectivity index (χ4n) is 3.40. The summed E-state index contributed by atoms with van der Waals surface area (Å²) in [5.74, 6) is 0.794. The molecule has 0 N–H and O–H groups in total. The van der Waals surface area contributed by atoms with E-state index in [2.05, 4.69) is 4.98 Å². The molecule has 0 fully saturated rings. The second kappa shape index (κ2) is 9.57. The van der Waals surface area contributed by atoms with Crippen LogP contribution in [0.5, 0.6) is 11.5 Å². The van der Waals surface area contributed by atoms with Crippen LogP contribution >= 0.6 is 23.1 Å². The van der Waals surface area contributed by atoms with Crippen molar-refractivity contribution < 1.29 is 23.8 Å². The topological polar surface area (TPSA) is 78.0 Å². The van der Waals surface area contributed by atoms with Crippen molar-refractivity contribution >= 4 is 45.2 Å². The van der Waals surface area contributed by atoms with Crippen molar-refractivity contribution in [3.05, 3.63) is 47.5 Å². The van der Waals surface area contributed by atoms with E-state index in [0.717, 1.165) is 25.7 Å². The summed E-state index contributed by atoms with van der Waals surface area (Å²) in [6.07, 6.45) is 0.711. The highest BCUT2D eigenvalue weighted by molar-refractivity contribution is 8.01. The zero-order valence-corrected chi connectivity index (χ0v) is 18.9. The number of para-hydroxylation sites is 1. The minimum atomic E-state index is -0.429. The standard InChI is InChI=1S/C22H22N2O5S2/c1-27-17-9-14-7-8-24(11-15(14)10-18(17)28-2)20(25)12-29-21(26)13-30-22-23-16-5-3-4-6-19(16)31-22/h3-6,9-10H,7-8,11-13H2,1-2H3. The smallest absolute Gasteiger partial charge is 0.316 e. The first-order valence-electron chi connectivity index (χ1n) is 9.73. The number of esters is 1. The lowest BCUT2D eigenvalue weighted by molar-refractivity contribution is -0.150. The van der Waals surface area contributed by atoms with Gasteiger partial charge in [-0.1, -0.05) is 23.9 Å². The third-order valence-electron chi connectivity index (χ3n) is 5.02. The van der Waals surface area contributed by atoms with Crippen LogP contribution in [0, 0.1) is 0 Å². The van der Waals surface area contributed by atoms with E-state index in [-0.39, 0.29) is 18.3 Å². The molecule has 0 spiro atoms. The van der Waals surface area contributed by atoms with E-state index < -0.39 is 5.97 Å². The number of methoxy groups -OCH3 is 2. The Morgan fingerprint density at radius 3 is 2.61 bits per heavy atom. The molecule has 1 aromatic heterocycles. The maximum atomic E-state index is 12.6. The summed E-state index contributed by atoms with van der Waals surface area (Å²) in [6, 6.07) is 11.7. The third kappa shape index (κ3) is 4.94. The number of nitrogens with zero attached hydrogens (tertiary/aromatic N) is 2. The molecule has 1 amide bonds. The van der Waals surface area contributed by atoms with Gasteiger partial charge in [0.05, 0.1) is 30.2 Å². The van der Waals surface area contributed by atoms with Gasteiger partial charge < -0.3 is 19.1 Å². The van der Waals surface area contributed by atoms with Crippen molar-refractivity contribution in [1.82, 2.24) is 9.88 Å². The van der Waals surface area contributed by atoms with Gasteiger partial charge in [0, 0.05) is 13.1 Å². The van der Waals surface area contributed by atoms with Crippen LogP contribution in [0.3, 0.4) is 0 Å². The number of aromatic nitrogens is 1. The van der Waals surface area contributed by atoms with Crippen molar-refractivity contribution in [3.63, 3.8) is 0 Å². The number of hydrogen-bond donors (Lipinski definition) is 0. The molecule has 7 nitrogen and oxygen atoms in total. The summed E-state index contributed by atoms with van der Waals surface area (Å²) in [5.41, 5.74) is 3.05. The maximum absolute atomic E-state index is 12.6. The van der Waals surface area contributed by atoms with E-state index >= 15 is 0 Å². The van der Waals surface area contributed by atoms with Gasteiger partial charge in [-0.05, 0) is 41.8 Å². The van der Waals surface area contributed by atoms with E-state index in [1.165, 1.54) is 23.1 Å². The van der Waals surface area contributed by atoms with Gasteiger partial charge in [-0.15, -0.1) is 11.3 Å². The average molecular weight is 459 g/mol. The number of thiazole rings is 1. The average Bonchev–Trinajstić information content (AvgIpc) is 3.22. The highest BCUT2D eigenvalue weighted by Gasteiger charge is 2.23. The van der Waals surface area contributed by atoms with Crippen LogP contribution in [-0.2, 0) is 27.3 Å². The summed E-state index contributed by atoms with van der Waals surface area (Å²) in [6.45, 7) is 0.758. The zero-order chi connectivity index (χ0) is 21.8. The Labute approximate surface area is 188 Å². The van der Waals surface area contributed by atoms with Gasteiger partial charge in [0.25, 0.3) is 5.91 Å². The minimum Gasteiger partial charge on any atom is -0.493 e. The van der Waals surface area contributed by atoms with E-state index in [4.69, 9.17) is 14.2 Å². The van der Waals surface area contributed by atoms with Crippen molar-refractivity contribution in [1.29, 1.82) is 0 Å². The molecule has 1 aliphatic rings. The third-order valence-corrected chi connectivity index (χ3v) is 7.17. The lowest BCUT2D eigenvalue weighted by Gasteiger charge is -2.29. The number of thioether (sulfide) groups is 1. The lowest BCUT2D eigenvalue weighted by atomic mass is 9.99. The van der Waals surface area contributed by atoms with Crippen LogP contribution in [0.4, 0.5) is 0 Å². The summed E-state index contributed by atoms with van der Waals surface area (Å²) in [7, 11) is 3.19. The number of amides is 1. The molecule has 0 bridgehead atoms. The molecule has 0 saturated carbocycles. The first-order chi connectivity index (χ1) is 15.1. The van der Waals surface area contributed by atoms with E-state index in [1.54, 1.807) is 19.1 Å². The molecule has 0 atom stereocenters. The minimum absolute atomic E-state index is 0.118. The fraction of sp³-hybridized carbons (Fsp3) is 0.318. The number of rotatable bonds is 7. The Hall–Kier alpha value is -2.78. The molecule has 9 heteroatoms. The molecule has 0 saturated heterocycles. The Morgan fingerprint density at radius 1 is 1.13 bits per heavy atom. The second-order valence-electron chi connectivity index (χ2n) is 6.94. The van der Waals surface area contributed by atoms with Crippen LogP contribution in [-0.4, -0.2) is 54.9 Å². The number of carbonyl (C=O) groups is 2. The second-order valence-corrected chi connectivity index (χ2v) is 9.19. The number of benzene rings is 2. The maximum Gasteiger partial charge on any atom is 0.316 e. The molecular formula is C22H22N2O5S2. The van der Waals surface area contributed by atoms with Crippen LogP contribution in [0.15, 0.2) is 40.7 Å². The van der Waals surface area contributed by atoms with Gasteiger partial charge in [0.1, 0.15) is 0 Å². The first-order valence-corrected chi connectivity index (χ1v) is 11.5. The molecular weight excluding hydrogens is 436 g/mol. The van der Waals surface area contributed by atoms with Gasteiger partial charge in [-0.25, -0.2) is 4.98 Å². The number of carbonyl (C=O) groups excluding carboxylic acids is 2. The van der Waals surface area contributed by atoms with Crippen LogP contribution in [0.2, 0.25) is 0 Å².